The van der Waals surface area contributed by atoms with Crippen molar-refractivity contribution in [1.29, 1.82) is 0 Å². The minimum absolute atomic E-state index is 0.275. The van der Waals surface area contributed by atoms with Crippen LogP contribution in [0.5, 0.6) is 0 Å². The quantitative estimate of drug-likeness (QED) is 0.625. The summed E-state index contributed by atoms with van der Waals surface area (Å²) in [5.74, 6) is -1.34. The number of carbonyl (C=O) groups excluding carboxylic acids is 2. The van der Waals surface area contributed by atoms with Crippen molar-refractivity contribution in [1.82, 2.24) is 10.2 Å². The first kappa shape index (κ1) is 18.0. The molecule has 0 aromatic carbocycles. The smallest absolute Gasteiger partial charge is 0.328 e. The van der Waals surface area contributed by atoms with Gasteiger partial charge in [0.05, 0.1) is 6.61 Å². The Bertz CT molecular complexity index is 531. The van der Waals surface area contributed by atoms with Crippen LogP contribution in [0.2, 0.25) is 0 Å². The molecule has 3 heterocycles. The lowest BCUT2D eigenvalue weighted by Crippen LogP contribution is -2.66. The molecule has 136 valence electrons. The lowest BCUT2D eigenvalue weighted by molar-refractivity contribution is -0.219. The number of aliphatic hydroxyl groups is 1. The highest BCUT2D eigenvalue weighted by Crippen LogP contribution is 2.41. The summed E-state index contributed by atoms with van der Waals surface area (Å²) in [6, 6.07) is -0.634. The van der Waals surface area contributed by atoms with Gasteiger partial charge in [0.2, 0.25) is 5.91 Å². The summed E-state index contributed by atoms with van der Waals surface area (Å²) >= 11 is 3.26. The Morgan fingerprint density at radius 2 is 2.00 bits per heavy atom. The largest absolute Gasteiger partial charge is 0.394 e. The monoisotopic (exact) mass is 408 g/mol. The number of rotatable bonds is 4. The van der Waals surface area contributed by atoms with Gasteiger partial charge in [-0.05, 0) is 20.8 Å². The minimum Gasteiger partial charge on any atom is -0.394 e. The van der Waals surface area contributed by atoms with Gasteiger partial charge in [0, 0.05) is 6.61 Å². The Balaban J connectivity index is 1.90. The number of alkyl halides is 1. The third-order valence-electron chi connectivity index (χ3n) is 4.16. The number of imide groups is 1. The normalized spacial score (nSPS) is 41.5. The van der Waals surface area contributed by atoms with E-state index in [0.717, 1.165) is 0 Å². The number of nitrogens with zero attached hydrogens (tertiary/aromatic N) is 1. The predicted octanol–water partition coefficient (Wildman–Crippen LogP) is -0.0984. The highest BCUT2D eigenvalue weighted by molar-refractivity contribution is 9.10. The van der Waals surface area contributed by atoms with E-state index in [1.165, 1.54) is 4.90 Å². The van der Waals surface area contributed by atoms with E-state index in [2.05, 4.69) is 21.2 Å². The number of amides is 3. The van der Waals surface area contributed by atoms with Crippen LogP contribution in [0.1, 0.15) is 20.8 Å². The van der Waals surface area contributed by atoms with Crippen LogP contribution in [0.25, 0.3) is 0 Å². The molecule has 0 unspecified atom stereocenters. The molecule has 0 aromatic heterocycles. The molecular formula is C14H21BrN2O7. The summed E-state index contributed by atoms with van der Waals surface area (Å²) in [5, 5.41) is 11.8. The Labute approximate surface area is 147 Å². The standard InChI is InChI=1S/C14H21BrN2O7/c1-4-21-11-7(15)10(19)16-13(20)17(11)12-9-8(6(5-18)22-12)23-14(2,3)24-9/h6-9,11-12,18H,4-5H2,1-3H3,(H,16,19,20)/t6-,7+,8-,9-,11-,12-/m1/s1. The molecule has 3 rings (SSSR count). The van der Waals surface area contributed by atoms with Crippen LogP contribution in [0.3, 0.4) is 0 Å². The molecule has 2 N–H and O–H groups in total. The summed E-state index contributed by atoms with van der Waals surface area (Å²) in [4.78, 5) is 24.8. The molecule has 6 atom stereocenters. The van der Waals surface area contributed by atoms with Crippen LogP contribution < -0.4 is 5.32 Å². The van der Waals surface area contributed by atoms with E-state index in [9.17, 15) is 14.7 Å². The van der Waals surface area contributed by atoms with Crippen molar-refractivity contribution >= 4 is 27.9 Å². The van der Waals surface area contributed by atoms with Crippen LogP contribution in [-0.2, 0) is 23.7 Å². The van der Waals surface area contributed by atoms with Gasteiger partial charge >= 0.3 is 6.03 Å². The van der Waals surface area contributed by atoms with Gasteiger partial charge in [0.1, 0.15) is 23.1 Å². The Hall–Kier alpha value is -0.780. The molecule has 3 saturated heterocycles. The van der Waals surface area contributed by atoms with E-state index in [4.69, 9.17) is 18.9 Å². The number of fused-ring (bicyclic) bond motifs is 1. The zero-order chi connectivity index (χ0) is 17.6. The van der Waals surface area contributed by atoms with Crippen molar-refractivity contribution in [3.63, 3.8) is 0 Å². The highest BCUT2D eigenvalue weighted by Gasteiger charge is 2.60. The number of aliphatic hydroxyl groups excluding tert-OH is 1. The molecule has 0 bridgehead atoms. The highest BCUT2D eigenvalue weighted by atomic mass is 79.9. The average Bonchev–Trinajstić information content (AvgIpc) is 2.98. The third kappa shape index (κ3) is 2.95. The number of hydrogen-bond acceptors (Lipinski definition) is 7. The Kier molecular flexibility index (Phi) is 4.89. The molecule has 3 aliphatic rings. The maximum absolute atomic E-state index is 12.4. The summed E-state index contributed by atoms with van der Waals surface area (Å²) in [7, 11) is 0. The van der Waals surface area contributed by atoms with Crippen LogP contribution in [0.4, 0.5) is 4.79 Å². The minimum atomic E-state index is -0.859. The second-order valence-electron chi connectivity index (χ2n) is 6.26. The topological polar surface area (TPSA) is 107 Å². The summed E-state index contributed by atoms with van der Waals surface area (Å²) < 4.78 is 23.0. The Morgan fingerprint density at radius 1 is 1.33 bits per heavy atom. The van der Waals surface area contributed by atoms with Crippen molar-refractivity contribution in [3.8, 4) is 0 Å². The van der Waals surface area contributed by atoms with E-state index >= 15 is 0 Å². The fraction of sp³-hybridized carbons (Fsp3) is 0.857. The fourth-order valence-corrected chi connectivity index (χ4v) is 3.77. The van der Waals surface area contributed by atoms with E-state index in [-0.39, 0.29) is 6.61 Å². The first-order valence-electron chi connectivity index (χ1n) is 7.80. The lowest BCUT2D eigenvalue weighted by atomic mass is 10.1. The predicted molar refractivity (Wildman–Crippen MR) is 83.1 cm³/mol. The second-order valence-corrected chi connectivity index (χ2v) is 7.25. The zero-order valence-electron chi connectivity index (χ0n) is 13.6. The van der Waals surface area contributed by atoms with Crippen molar-refractivity contribution in [3.05, 3.63) is 0 Å². The van der Waals surface area contributed by atoms with Gasteiger partial charge in [-0.15, -0.1) is 0 Å². The van der Waals surface area contributed by atoms with E-state index in [1.807, 2.05) is 0 Å². The van der Waals surface area contributed by atoms with E-state index in [0.29, 0.717) is 6.61 Å². The van der Waals surface area contributed by atoms with Gasteiger partial charge < -0.3 is 24.1 Å². The first-order chi connectivity index (χ1) is 11.3. The molecule has 3 aliphatic heterocycles. The molecular weight excluding hydrogens is 388 g/mol. The summed E-state index contributed by atoms with van der Waals surface area (Å²) in [6.45, 7) is 5.30. The summed E-state index contributed by atoms with van der Waals surface area (Å²) in [6.07, 6.45) is -3.45. The maximum Gasteiger partial charge on any atom is 0.328 e. The van der Waals surface area contributed by atoms with Gasteiger partial charge in [-0.3, -0.25) is 15.0 Å². The Morgan fingerprint density at radius 3 is 2.62 bits per heavy atom. The molecule has 0 aliphatic carbocycles. The molecule has 3 amide bonds. The zero-order valence-corrected chi connectivity index (χ0v) is 15.2. The van der Waals surface area contributed by atoms with Crippen LogP contribution in [0, 0.1) is 0 Å². The number of halogens is 1. The van der Waals surface area contributed by atoms with Crippen LogP contribution in [-0.4, -0.2) is 76.5 Å². The molecule has 10 heteroatoms. The molecule has 0 spiro atoms. The van der Waals surface area contributed by atoms with Gasteiger partial charge in [0.25, 0.3) is 0 Å². The van der Waals surface area contributed by atoms with Gasteiger partial charge in [-0.25, -0.2) is 4.79 Å². The number of hydrogen-bond donors (Lipinski definition) is 2. The molecule has 0 radical (unpaired) electrons. The summed E-state index contributed by atoms with van der Waals surface area (Å²) in [5.41, 5.74) is 0. The molecule has 0 aromatic rings. The average molecular weight is 409 g/mol. The second kappa shape index (κ2) is 6.50. The molecule has 0 saturated carbocycles. The third-order valence-corrected chi connectivity index (χ3v) is 5.02. The van der Waals surface area contributed by atoms with E-state index in [1.54, 1.807) is 20.8 Å². The van der Waals surface area contributed by atoms with Crippen molar-refractivity contribution in [2.45, 2.75) is 62.2 Å². The molecule has 24 heavy (non-hydrogen) atoms. The fourth-order valence-electron chi connectivity index (χ4n) is 3.25. The van der Waals surface area contributed by atoms with Crippen LogP contribution in [0.15, 0.2) is 0 Å². The van der Waals surface area contributed by atoms with Crippen molar-refractivity contribution < 1.29 is 33.6 Å². The van der Waals surface area contributed by atoms with Gasteiger partial charge in [-0.1, -0.05) is 15.9 Å². The van der Waals surface area contributed by atoms with Crippen molar-refractivity contribution in [2.75, 3.05) is 13.2 Å². The lowest BCUT2D eigenvalue weighted by Gasteiger charge is -2.41. The number of ether oxygens (including phenoxy) is 4. The van der Waals surface area contributed by atoms with E-state index < -0.39 is 53.3 Å². The number of urea groups is 1. The first-order valence-corrected chi connectivity index (χ1v) is 8.71. The van der Waals surface area contributed by atoms with Gasteiger partial charge in [0.15, 0.2) is 18.2 Å². The maximum atomic E-state index is 12.4. The molecule has 3 fully saturated rings. The SMILES string of the molecule is CCO[C@@H]1[C@@H](Br)C(=O)NC(=O)N1[C@@H]1O[C@H](CO)[C@H]2OC(C)(C)O[C@H]21. The molecule has 9 nitrogen and oxygen atoms in total. The number of nitrogens with one attached hydrogen (secondary N) is 1. The van der Waals surface area contributed by atoms with Gasteiger partial charge in [-0.2, -0.15) is 0 Å². The van der Waals surface area contributed by atoms with Crippen LogP contribution >= 0.6 is 15.9 Å². The van der Waals surface area contributed by atoms with Crippen molar-refractivity contribution in [2.24, 2.45) is 0 Å². The number of carbonyl (C=O) groups is 2.